The van der Waals surface area contributed by atoms with E-state index in [4.69, 9.17) is 5.73 Å². The van der Waals surface area contributed by atoms with Gasteiger partial charge < -0.3 is 11.1 Å². The average molecular weight is 263 g/mol. The van der Waals surface area contributed by atoms with E-state index in [-0.39, 0.29) is 17.9 Å². The van der Waals surface area contributed by atoms with E-state index in [9.17, 15) is 4.79 Å². The van der Waals surface area contributed by atoms with Gasteiger partial charge in [-0.1, -0.05) is 19.9 Å². The number of aromatic nitrogens is 1. The van der Waals surface area contributed by atoms with Crippen LogP contribution in [-0.2, 0) is 4.79 Å². The Morgan fingerprint density at radius 2 is 2.11 bits per heavy atom. The van der Waals surface area contributed by atoms with Crippen LogP contribution < -0.4 is 11.1 Å². The standard InChI is InChI=1S/C15H25N3O/c1-11(2)8-13(10-16)9-15(19)18-12(3)14-6-4-5-7-17-14/h4-7,11-13H,8-10,16H2,1-3H3,(H,18,19)/t12-,13?/m0/s1. The smallest absolute Gasteiger partial charge is 0.220 e. The van der Waals surface area contributed by atoms with Crippen molar-refractivity contribution in [2.45, 2.75) is 39.7 Å². The third-order valence-corrected chi connectivity index (χ3v) is 3.12. The Bertz CT molecular complexity index is 378. The van der Waals surface area contributed by atoms with Gasteiger partial charge >= 0.3 is 0 Å². The van der Waals surface area contributed by atoms with Crippen LogP contribution in [0.25, 0.3) is 0 Å². The SMILES string of the molecule is CC(C)CC(CN)CC(=O)N[C@@H](C)c1ccccn1. The molecule has 1 heterocycles. The zero-order valence-electron chi connectivity index (χ0n) is 12.1. The Morgan fingerprint density at radius 1 is 1.37 bits per heavy atom. The van der Waals surface area contributed by atoms with Crippen LogP contribution in [-0.4, -0.2) is 17.4 Å². The van der Waals surface area contributed by atoms with Gasteiger partial charge in [0.15, 0.2) is 0 Å². The fourth-order valence-corrected chi connectivity index (χ4v) is 2.20. The number of hydrogen-bond acceptors (Lipinski definition) is 3. The molecule has 2 atom stereocenters. The topological polar surface area (TPSA) is 68.0 Å². The summed E-state index contributed by atoms with van der Waals surface area (Å²) >= 11 is 0. The minimum absolute atomic E-state index is 0.0502. The summed E-state index contributed by atoms with van der Waals surface area (Å²) in [4.78, 5) is 16.2. The zero-order valence-corrected chi connectivity index (χ0v) is 12.1. The van der Waals surface area contributed by atoms with Gasteiger partial charge in [-0.3, -0.25) is 9.78 Å². The first-order valence-corrected chi connectivity index (χ1v) is 6.93. The van der Waals surface area contributed by atoms with Gasteiger partial charge in [0.05, 0.1) is 11.7 Å². The van der Waals surface area contributed by atoms with Crippen molar-refractivity contribution in [1.82, 2.24) is 10.3 Å². The zero-order chi connectivity index (χ0) is 14.3. The molecule has 4 heteroatoms. The van der Waals surface area contributed by atoms with Crippen LogP contribution >= 0.6 is 0 Å². The number of amides is 1. The highest BCUT2D eigenvalue weighted by Gasteiger charge is 2.16. The van der Waals surface area contributed by atoms with Gasteiger partial charge in [0, 0.05) is 12.6 Å². The van der Waals surface area contributed by atoms with Crippen LogP contribution in [0.4, 0.5) is 0 Å². The van der Waals surface area contributed by atoms with E-state index < -0.39 is 0 Å². The van der Waals surface area contributed by atoms with Crippen molar-refractivity contribution in [3.8, 4) is 0 Å². The van der Waals surface area contributed by atoms with E-state index in [1.165, 1.54) is 0 Å². The minimum Gasteiger partial charge on any atom is -0.348 e. The predicted molar refractivity (Wildman–Crippen MR) is 77.4 cm³/mol. The first kappa shape index (κ1) is 15.6. The summed E-state index contributed by atoms with van der Waals surface area (Å²) in [5.41, 5.74) is 6.60. The normalized spacial score (nSPS) is 14.2. The lowest BCUT2D eigenvalue weighted by Gasteiger charge is -2.18. The van der Waals surface area contributed by atoms with E-state index >= 15 is 0 Å². The quantitative estimate of drug-likeness (QED) is 0.793. The minimum atomic E-state index is -0.0637. The van der Waals surface area contributed by atoms with Crippen molar-refractivity contribution in [2.75, 3.05) is 6.54 Å². The number of carbonyl (C=O) groups excluding carboxylic acids is 1. The lowest BCUT2D eigenvalue weighted by atomic mass is 9.94. The summed E-state index contributed by atoms with van der Waals surface area (Å²) in [6, 6.07) is 5.64. The molecular weight excluding hydrogens is 238 g/mol. The van der Waals surface area contributed by atoms with Gasteiger partial charge in [-0.15, -0.1) is 0 Å². The maximum absolute atomic E-state index is 12.0. The second kappa shape index (κ2) is 7.89. The molecule has 1 unspecified atom stereocenters. The van der Waals surface area contributed by atoms with Crippen molar-refractivity contribution in [3.05, 3.63) is 30.1 Å². The fourth-order valence-electron chi connectivity index (χ4n) is 2.20. The van der Waals surface area contributed by atoms with Crippen LogP contribution in [0.3, 0.4) is 0 Å². The van der Waals surface area contributed by atoms with E-state index in [0.29, 0.717) is 18.9 Å². The molecule has 0 fully saturated rings. The lowest BCUT2D eigenvalue weighted by molar-refractivity contribution is -0.122. The van der Waals surface area contributed by atoms with E-state index in [0.717, 1.165) is 12.1 Å². The number of nitrogens with one attached hydrogen (secondary N) is 1. The second-order valence-corrected chi connectivity index (χ2v) is 5.48. The first-order chi connectivity index (χ1) is 9.02. The highest BCUT2D eigenvalue weighted by atomic mass is 16.1. The lowest BCUT2D eigenvalue weighted by Crippen LogP contribution is -2.31. The molecule has 0 bridgehead atoms. The molecule has 0 aliphatic carbocycles. The Labute approximate surface area is 115 Å². The summed E-state index contributed by atoms with van der Waals surface area (Å²) < 4.78 is 0. The second-order valence-electron chi connectivity index (χ2n) is 5.48. The summed E-state index contributed by atoms with van der Waals surface area (Å²) in [6.45, 7) is 6.80. The van der Waals surface area contributed by atoms with E-state index in [1.54, 1.807) is 6.20 Å². The highest BCUT2D eigenvalue weighted by Crippen LogP contribution is 2.15. The van der Waals surface area contributed by atoms with Gasteiger partial charge in [0.1, 0.15) is 0 Å². The molecule has 1 aromatic rings. The molecule has 1 amide bonds. The predicted octanol–water partition coefficient (Wildman–Crippen LogP) is 2.27. The number of nitrogens with two attached hydrogens (primary N) is 1. The van der Waals surface area contributed by atoms with Crippen molar-refractivity contribution >= 4 is 5.91 Å². The number of carbonyl (C=O) groups is 1. The van der Waals surface area contributed by atoms with Crippen LogP contribution in [0.15, 0.2) is 24.4 Å². The monoisotopic (exact) mass is 263 g/mol. The molecule has 106 valence electrons. The van der Waals surface area contributed by atoms with Gasteiger partial charge in [-0.05, 0) is 43.9 Å². The number of rotatable bonds is 7. The average Bonchev–Trinajstić information content (AvgIpc) is 2.38. The van der Waals surface area contributed by atoms with Crippen LogP contribution in [0.1, 0.15) is 45.3 Å². The van der Waals surface area contributed by atoms with E-state index in [2.05, 4.69) is 24.1 Å². The molecule has 0 spiro atoms. The third-order valence-electron chi connectivity index (χ3n) is 3.12. The molecule has 4 nitrogen and oxygen atoms in total. The molecule has 0 aliphatic heterocycles. The number of hydrogen-bond donors (Lipinski definition) is 2. The Morgan fingerprint density at radius 3 is 2.63 bits per heavy atom. The Balaban J connectivity index is 2.46. The Kier molecular flexibility index (Phi) is 6.50. The van der Waals surface area contributed by atoms with Crippen molar-refractivity contribution in [3.63, 3.8) is 0 Å². The molecule has 0 saturated heterocycles. The van der Waals surface area contributed by atoms with Gasteiger partial charge in [0.25, 0.3) is 0 Å². The highest BCUT2D eigenvalue weighted by molar-refractivity contribution is 5.76. The summed E-state index contributed by atoms with van der Waals surface area (Å²) in [6.07, 6.45) is 3.22. The Hall–Kier alpha value is -1.42. The van der Waals surface area contributed by atoms with E-state index in [1.807, 2.05) is 25.1 Å². The van der Waals surface area contributed by atoms with Crippen LogP contribution in [0, 0.1) is 11.8 Å². The molecule has 0 saturated carbocycles. The summed E-state index contributed by atoms with van der Waals surface area (Å²) in [5, 5.41) is 2.98. The summed E-state index contributed by atoms with van der Waals surface area (Å²) in [7, 11) is 0. The van der Waals surface area contributed by atoms with Gasteiger partial charge in [-0.25, -0.2) is 0 Å². The molecular formula is C15H25N3O. The maximum Gasteiger partial charge on any atom is 0.220 e. The van der Waals surface area contributed by atoms with Crippen LogP contribution in [0.5, 0.6) is 0 Å². The fraction of sp³-hybridized carbons (Fsp3) is 0.600. The molecule has 0 radical (unpaired) electrons. The molecule has 0 aromatic carbocycles. The molecule has 3 N–H and O–H groups in total. The summed E-state index contributed by atoms with van der Waals surface area (Å²) in [5.74, 6) is 0.875. The first-order valence-electron chi connectivity index (χ1n) is 6.93. The maximum atomic E-state index is 12.0. The molecule has 19 heavy (non-hydrogen) atoms. The number of nitrogens with zero attached hydrogens (tertiary/aromatic N) is 1. The molecule has 1 aromatic heterocycles. The van der Waals surface area contributed by atoms with Crippen molar-refractivity contribution in [2.24, 2.45) is 17.6 Å². The molecule has 1 rings (SSSR count). The van der Waals surface area contributed by atoms with Crippen molar-refractivity contribution < 1.29 is 4.79 Å². The van der Waals surface area contributed by atoms with Gasteiger partial charge in [0.2, 0.25) is 5.91 Å². The van der Waals surface area contributed by atoms with Gasteiger partial charge in [-0.2, -0.15) is 0 Å². The largest absolute Gasteiger partial charge is 0.348 e. The molecule has 0 aliphatic rings. The number of pyridine rings is 1. The van der Waals surface area contributed by atoms with Crippen LogP contribution in [0.2, 0.25) is 0 Å². The third kappa shape index (κ3) is 5.83. The van der Waals surface area contributed by atoms with Crippen molar-refractivity contribution in [1.29, 1.82) is 0 Å².